The van der Waals surface area contributed by atoms with Gasteiger partial charge in [-0.05, 0) is 19.8 Å². The minimum absolute atomic E-state index is 0.0684. The quantitative estimate of drug-likeness (QED) is 0.570. The number of hydrogen-bond donors (Lipinski definition) is 2. The number of aromatic nitrogens is 1. The van der Waals surface area contributed by atoms with Crippen LogP contribution < -0.4 is 5.32 Å². The van der Waals surface area contributed by atoms with E-state index in [1.807, 2.05) is 11.4 Å². The molecule has 2 N–H and O–H groups in total. The summed E-state index contributed by atoms with van der Waals surface area (Å²) in [6.45, 7) is 4.92. The number of thiazole rings is 1. The average molecular weight is 335 g/mol. The van der Waals surface area contributed by atoms with Gasteiger partial charge in [-0.2, -0.15) is 0 Å². The van der Waals surface area contributed by atoms with Crippen LogP contribution in [-0.2, 0) is 6.54 Å². The molecule has 0 aliphatic rings. The lowest BCUT2D eigenvalue weighted by Crippen LogP contribution is -2.42. The molecule has 0 saturated heterocycles. The van der Waals surface area contributed by atoms with Gasteiger partial charge in [0, 0.05) is 41.8 Å². The second kappa shape index (κ2) is 7.63. The molecule has 1 heterocycles. The number of aliphatic hydroxyl groups excluding tert-OH is 1. The molecule has 0 fully saturated rings. The first-order chi connectivity index (χ1) is 11.0. The van der Waals surface area contributed by atoms with Gasteiger partial charge in [-0.1, -0.05) is 19.1 Å². The van der Waals surface area contributed by atoms with Gasteiger partial charge in [0.25, 0.3) is 5.69 Å². The summed E-state index contributed by atoms with van der Waals surface area (Å²) in [5, 5.41) is 26.2. The molecule has 2 rings (SSSR count). The first-order valence-corrected chi connectivity index (χ1v) is 8.40. The number of nitrogens with one attached hydrogen (secondary N) is 1. The van der Waals surface area contributed by atoms with Gasteiger partial charge in [0.1, 0.15) is 5.01 Å². The molecule has 0 radical (unpaired) electrons. The number of nitro benzene ring substituents is 1. The largest absolute Gasteiger partial charge is 0.396 e. The van der Waals surface area contributed by atoms with Crippen molar-refractivity contribution in [2.24, 2.45) is 0 Å². The van der Waals surface area contributed by atoms with Crippen molar-refractivity contribution in [3.05, 3.63) is 45.5 Å². The summed E-state index contributed by atoms with van der Waals surface area (Å²) < 4.78 is 0. The van der Waals surface area contributed by atoms with Crippen molar-refractivity contribution < 1.29 is 10.0 Å². The number of non-ortho nitro benzene ring substituents is 1. The monoisotopic (exact) mass is 335 g/mol. The van der Waals surface area contributed by atoms with Crippen LogP contribution in [0.1, 0.15) is 32.4 Å². The summed E-state index contributed by atoms with van der Waals surface area (Å²) in [6.07, 6.45) is 1.60. The summed E-state index contributed by atoms with van der Waals surface area (Å²) in [5.74, 6) is 0. The van der Waals surface area contributed by atoms with Gasteiger partial charge in [0.2, 0.25) is 0 Å². The van der Waals surface area contributed by atoms with E-state index in [0.29, 0.717) is 13.0 Å². The molecule has 0 aliphatic carbocycles. The zero-order chi connectivity index (χ0) is 16.9. The third kappa shape index (κ3) is 4.57. The highest BCUT2D eigenvalue weighted by atomic mass is 32.1. The topological polar surface area (TPSA) is 88.3 Å². The number of nitro groups is 1. The summed E-state index contributed by atoms with van der Waals surface area (Å²) in [6, 6.07) is 6.51. The molecule has 0 amide bonds. The van der Waals surface area contributed by atoms with Crippen molar-refractivity contribution in [1.82, 2.24) is 10.3 Å². The van der Waals surface area contributed by atoms with E-state index in [9.17, 15) is 10.1 Å². The Morgan fingerprint density at radius 1 is 1.48 bits per heavy atom. The molecule has 1 unspecified atom stereocenters. The lowest BCUT2D eigenvalue weighted by atomic mass is 9.95. The molecule has 1 atom stereocenters. The zero-order valence-electron chi connectivity index (χ0n) is 13.3. The Hall–Kier alpha value is -1.83. The van der Waals surface area contributed by atoms with Crippen molar-refractivity contribution in [1.29, 1.82) is 0 Å². The van der Waals surface area contributed by atoms with Crippen LogP contribution in [0.3, 0.4) is 0 Å². The van der Waals surface area contributed by atoms with Crippen LogP contribution in [-0.4, -0.2) is 27.2 Å². The van der Waals surface area contributed by atoms with Gasteiger partial charge >= 0.3 is 0 Å². The van der Waals surface area contributed by atoms with Crippen molar-refractivity contribution in [2.75, 3.05) is 6.61 Å². The molecule has 1 aromatic carbocycles. The Balaban J connectivity index is 2.09. The summed E-state index contributed by atoms with van der Waals surface area (Å²) in [7, 11) is 0. The van der Waals surface area contributed by atoms with Crippen LogP contribution in [0.15, 0.2) is 29.6 Å². The van der Waals surface area contributed by atoms with E-state index in [-0.39, 0.29) is 17.8 Å². The fourth-order valence-electron chi connectivity index (χ4n) is 2.21. The minimum atomic E-state index is -0.402. The lowest BCUT2D eigenvalue weighted by molar-refractivity contribution is -0.384. The fraction of sp³-hybridized carbons (Fsp3) is 0.438. The Labute approximate surface area is 139 Å². The number of rotatable bonds is 8. The molecule has 23 heavy (non-hydrogen) atoms. The number of hydrogen-bond acceptors (Lipinski definition) is 6. The molecule has 2 aromatic rings. The molecule has 6 nitrogen and oxygen atoms in total. The first-order valence-electron chi connectivity index (χ1n) is 7.52. The van der Waals surface area contributed by atoms with E-state index in [2.05, 4.69) is 24.1 Å². The molecule has 0 spiro atoms. The Bertz CT molecular complexity index is 674. The molecule has 0 aliphatic heterocycles. The van der Waals surface area contributed by atoms with Crippen LogP contribution in [0.25, 0.3) is 10.6 Å². The van der Waals surface area contributed by atoms with Gasteiger partial charge in [0.15, 0.2) is 0 Å². The Morgan fingerprint density at radius 2 is 2.26 bits per heavy atom. The van der Waals surface area contributed by atoms with Gasteiger partial charge in [-0.3, -0.25) is 10.1 Å². The smallest absolute Gasteiger partial charge is 0.270 e. The highest BCUT2D eigenvalue weighted by Gasteiger charge is 2.21. The van der Waals surface area contributed by atoms with E-state index < -0.39 is 4.92 Å². The first kappa shape index (κ1) is 17.5. The van der Waals surface area contributed by atoms with E-state index in [0.717, 1.165) is 22.7 Å². The maximum absolute atomic E-state index is 10.9. The van der Waals surface area contributed by atoms with Crippen molar-refractivity contribution in [3.63, 3.8) is 0 Å². The Morgan fingerprint density at radius 3 is 2.91 bits per heavy atom. The summed E-state index contributed by atoms with van der Waals surface area (Å²) >= 11 is 1.47. The second-order valence-corrected chi connectivity index (χ2v) is 6.55. The van der Waals surface area contributed by atoms with Crippen LogP contribution in [0.2, 0.25) is 0 Å². The molecular weight excluding hydrogens is 314 g/mol. The summed E-state index contributed by atoms with van der Waals surface area (Å²) in [5.41, 5.74) is 1.60. The fourth-order valence-corrected chi connectivity index (χ4v) is 3.03. The number of aliphatic hydroxyl groups is 1. The van der Waals surface area contributed by atoms with Gasteiger partial charge in [-0.15, -0.1) is 11.3 Å². The van der Waals surface area contributed by atoms with E-state index in [1.54, 1.807) is 6.07 Å². The van der Waals surface area contributed by atoms with E-state index >= 15 is 0 Å². The molecule has 7 heteroatoms. The van der Waals surface area contributed by atoms with Crippen LogP contribution in [0.5, 0.6) is 0 Å². The molecular formula is C16H21N3O3S. The van der Waals surface area contributed by atoms with Crippen molar-refractivity contribution in [3.8, 4) is 10.6 Å². The summed E-state index contributed by atoms with van der Waals surface area (Å²) in [4.78, 5) is 15.0. The number of nitrogens with zero attached hydrogens (tertiary/aromatic N) is 2. The van der Waals surface area contributed by atoms with Crippen LogP contribution >= 0.6 is 11.3 Å². The molecule has 124 valence electrons. The van der Waals surface area contributed by atoms with Crippen molar-refractivity contribution >= 4 is 17.0 Å². The number of benzene rings is 1. The third-order valence-electron chi connectivity index (χ3n) is 4.00. The predicted molar refractivity (Wildman–Crippen MR) is 91.4 cm³/mol. The van der Waals surface area contributed by atoms with Gasteiger partial charge in [0.05, 0.1) is 10.6 Å². The average Bonchev–Trinajstić information content (AvgIpc) is 3.02. The third-order valence-corrected chi connectivity index (χ3v) is 4.94. The highest BCUT2D eigenvalue weighted by Crippen LogP contribution is 2.27. The maximum Gasteiger partial charge on any atom is 0.270 e. The van der Waals surface area contributed by atoms with Crippen LogP contribution in [0.4, 0.5) is 5.69 Å². The van der Waals surface area contributed by atoms with Crippen LogP contribution in [0, 0.1) is 10.1 Å². The molecule has 0 bridgehead atoms. The SMILES string of the molecule is CCC(C)(CCO)NCc1csc(-c2cccc([N+](=O)[O-])c2)n1. The standard InChI is InChI=1S/C16H21N3O3S/c1-3-16(2,7-8-20)17-10-13-11-23-15(18-13)12-5-4-6-14(9-12)19(21)22/h4-6,9,11,17,20H,3,7-8,10H2,1-2H3. The zero-order valence-corrected chi connectivity index (χ0v) is 14.1. The second-order valence-electron chi connectivity index (χ2n) is 5.69. The maximum atomic E-state index is 10.9. The van der Waals surface area contributed by atoms with Crippen molar-refractivity contribution in [2.45, 2.75) is 38.8 Å². The highest BCUT2D eigenvalue weighted by molar-refractivity contribution is 7.13. The normalized spacial score (nSPS) is 13.7. The Kier molecular flexibility index (Phi) is 5.81. The van der Waals surface area contributed by atoms with Gasteiger partial charge in [-0.25, -0.2) is 4.98 Å². The van der Waals surface area contributed by atoms with E-state index in [1.165, 1.54) is 23.5 Å². The predicted octanol–water partition coefficient (Wildman–Crippen LogP) is 3.36. The molecule has 0 saturated carbocycles. The molecule has 1 aromatic heterocycles. The minimum Gasteiger partial charge on any atom is -0.396 e. The lowest BCUT2D eigenvalue weighted by Gasteiger charge is -2.28. The van der Waals surface area contributed by atoms with E-state index in [4.69, 9.17) is 5.11 Å². The van der Waals surface area contributed by atoms with Gasteiger partial charge < -0.3 is 10.4 Å².